The number of quaternary nitrogens is 1. The van der Waals surface area contributed by atoms with Gasteiger partial charge in [0.1, 0.15) is 19.8 Å². The van der Waals surface area contributed by atoms with Crippen LogP contribution in [0.2, 0.25) is 0 Å². The molecule has 0 fully saturated rings. The van der Waals surface area contributed by atoms with E-state index in [9.17, 15) is 19.0 Å². The van der Waals surface area contributed by atoms with Crippen molar-refractivity contribution in [2.45, 2.75) is 251 Å². The first-order chi connectivity index (χ1) is 45.0. The average Bonchev–Trinajstić information content (AvgIpc) is 2.23. The minimum absolute atomic E-state index is 0.0490. The molecule has 0 saturated heterocycles. The van der Waals surface area contributed by atoms with Gasteiger partial charge >= 0.3 is 11.9 Å². The number of hydrogen-bond acceptors (Lipinski definition) is 8. The summed E-state index contributed by atoms with van der Waals surface area (Å²) in [5.41, 5.74) is 0. The topological polar surface area (TPSA) is 111 Å². The zero-order valence-corrected chi connectivity index (χ0v) is 59.5. The molecular formula is C82H130NO8P. The molecule has 0 aromatic carbocycles. The number of rotatable bonds is 63. The van der Waals surface area contributed by atoms with Crippen LogP contribution in [0.4, 0.5) is 0 Å². The molecule has 9 nitrogen and oxygen atoms in total. The van der Waals surface area contributed by atoms with Gasteiger partial charge in [-0.15, -0.1) is 0 Å². The van der Waals surface area contributed by atoms with Crippen molar-refractivity contribution >= 4 is 19.8 Å². The maximum atomic E-state index is 12.9. The number of ether oxygens (including phenoxy) is 2. The fraction of sp³-hybridized carbons (Fsp3) is 0.561. The number of phosphoric ester groups is 1. The number of nitrogens with zero attached hydrogens (tertiary/aromatic N) is 1. The molecule has 0 aromatic rings. The highest BCUT2D eigenvalue weighted by Crippen LogP contribution is 2.38. The van der Waals surface area contributed by atoms with E-state index in [0.717, 1.165) is 141 Å². The first kappa shape index (κ1) is 86.6. The highest BCUT2D eigenvalue weighted by atomic mass is 31.2. The second kappa shape index (κ2) is 69.9. The van der Waals surface area contributed by atoms with Crippen LogP contribution in [-0.2, 0) is 32.7 Å². The second-order valence-electron chi connectivity index (χ2n) is 24.1. The van der Waals surface area contributed by atoms with Gasteiger partial charge in [0.15, 0.2) is 6.10 Å². The summed E-state index contributed by atoms with van der Waals surface area (Å²) in [6.07, 6.45) is 111. The van der Waals surface area contributed by atoms with Crippen LogP contribution in [0.15, 0.2) is 207 Å². The molecule has 0 rings (SSSR count). The van der Waals surface area contributed by atoms with Gasteiger partial charge in [0.2, 0.25) is 0 Å². The Morgan fingerprint density at radius 3 is 0.891 bits per heavy atom. The van der Waals surface area contributed by atoms with Gasteiger partial charge in [0.05, 0.1) is 27.7 Å². The summed E-state index contributed by atoms with van der Waals surface area (Å²) in [5.74, 6) is -0.899. The van der Waals surface area contributed by atoms with Crippen molar-refractivity contribution in [3.05, 3.63) is 207 Å². The van der Waals surface area contributed by atoms with Crippen LogP contribution >= 0.6 is 7.82 Å². The Kier molecular flexibility index (Phi) is 65.8. The summed E-state index contributed by atoms with van der Waals surface area (Å²) in [4.78, 5) is 38.1. The van der Waals surface area contributed by atoms with Gasteiger partial charge in [-0.05, 0) is 148 Å². The van der Waals surface area contributed by atoms with Crippen molar-refractivity contribution in [1.82, 2.24) is 0 Å². The fourth-order valence-electron chi connectivity index (χ4n) is 8.90. The maximum absolute atomic E-state index is 12.9. The number of carbonyl (C=O) groups is 2. The first-order valence-corrected chi connectivity index (χ1v) is 37.3. The zero-order valence-electron chi connectivity index (χ0n) is 58.7. The SMILES string of the molecule is CC/C=C\C/C=C\C/C=C\C/C=C\C/C=C\C/C=C\C/C=C\C/C=C\C/C=C\CCCCCCCCCCCCCCCC(=O)OC(COC(=O)CCCC/C=C\C/C=C\C/C=C\C/C=C\C/C=C\C/C=C\C/C=C\C/C=C\CC)COP(=O)([O-])OCC[N+](C)(C)C. The Morgan fingerprint density at radius 2 is 0.587 bits per heavy atom. The largest absolute Gasteiger partial charge is 0.756 e. The Balaban J connectivity index is 4.15. The minimum atomic E-state index is -4.67. The van der Waals surface area contributed by atoms with Gasteiger partial charge in [-0.3, -0.25) is 14.2 Å². The van der Waals surface area contributed by atoms with Gasteiger partial charge in [-0.25, -0.2) is 0 Å². The maximum Gasteiger partial charge on any atom is 0.306 e. The van der Waals surface area contributed by atoms with E-state index >= 15 is 0 Å². The van der Waals surface area contributed by atoms with E-state index in [2.05, 4.69) is 220 Å². The third-order valence-electron chi connectivity index (χ3n) is 14.3. The van der Waals surface area contributed by atoms with E-state index in [1.54, 1.807) is 0 Å². The smallest absolute Gasteiger partial charge is 0.306 e. The van der Waals surface area contributed by atoms with Crippen molar-refractivity contribution in [2.24, 2.45) is 0 Å². The fourth-order valence-corrected chi connectivity index (χ4v) is 9.63. The van der Waals surface area contributed by atoms with E-state index in [4.69, 9.17) is 18.5 Å². The number of likely N-dealkylation sites (N-methyl/N-ethyl adjacent to an activating group) is 1. The number of allylic oxidation sites excluding steroid dienone is 34. The van der Waals surface area contributed by atoms with Gasteiger partial charge in [0.25, 0.3) is 7.82 Å². The monoisotopic (exact) mass is 1290 g/mol. The van der Waals surface area contributed by atoms with Crippen LogP contribution in [-0.4, -0.2) is 70.0 Å². The van der Waals surface area contributed by atoms with E-state index < -0.39 is 32.5 Å². The quantitative estimate of drug-likeness (QED) is 0.0195. The highest BCUT2D eigenvalue weighted by molar-refractivity contribution is 7.45. The van der Waals surface area contributed by atoms with Crippen molar-refractivity contribution in [3.8, 4) is 0 Å². The molecule has 2 atom stereocenters. The van der Waals surface area contributed by atoms with Gasteiger partial charge < -0.3 is 27.9 Å². The van der Waals surface area contributed by atoms with E-state index in [1.165, 1.54) is 64.2 Å². The average molecular weight is 1290 g/mol. The van der Waals surface area contributed by atoms with E-state index in [-0.39, 0.29) is 26.1 Å². The molecule has 10 heteroatoms. The molecule has 0 N–H and O–H groups in total. The third-order valence-corrected chi connectivity index (χ3v) is 15.3. The minimum Gasteiger partial charge on any atom is -0.756 e. The molecule has 0 heterocycles. The van der Waals surface area contributed by atoms with Crippen LogP contribution in [0.3, 0.4) is 0 Å². The van der Waals surface area contributed by atoms with E-state index in [1.807, 2.05) is 21.1 Å². The Hall–Kier alpha value is -5.41. The van der Waals surface area contributed by atoms with Crippen LogP contribution in [0, 0.1) is 0 Å². The predicted octanol–water partition coefficient (Wildman–Crippen LogP) is 23.2. The van der Waals surface area contributed by atoms with Crippen molar-refractivity contribution in [1.29, 1.82) is 0 Å². The lowest BCUT2D eigenvalue weighted by Crippen LogP contribution is -2.37. The number of carbonyl (C=O) groups excluding carboxylic acids is 2. The van der Waals surface area contributed by atoms with Gasteiger partial charge in [0, 0.05) is 12.8 Å². The number of esters is 2. The summed E-state index contributed by atoms with van der Waals surface area (Å²) in [6, 6.07) is 0. The highest BCUT2D eigenvalue weighted by Gasteiger charge is 2.22. The molecule has 0 bridgehead atoms. The van der Waals surface area contributed by atoms with Crippen molar-refractivity contribution in [3.63, 3.8) is 0 Å². The molecule has 0 aliphatic heterocycles. The molecule has 516 valence electrons. The summed E-state index contributed by atoms with van der Waals surface area (Å²) < 4.78 is 34.2. The standard InChI is InChI=1S/C82H130NO8P/c1-6-8-10-12-14-16-18-20-22-24-26-28-30-32-34-35-36-37-38-39-40-41-42-43-44-45-46-47-49-51-53-55-57-59-61-63-65-67-69-71-73-75-82(85)91-80(79-90-92(86,87)89-77-76-83(3,4)5)78-88-81(84)74-72-70-68-66-64-62-60-58-56-54-52-50-48-33-31-29-27-25-23-21-19-17-15-13-11-9-7-2/h8-11,14-17,20-23,26-29,32-34,36-37,39-40,42-43,45-46,48,52,54,58,60,64,66,80H,6-7,12-13,18-19,24-25,30-31,35,38,41,44,47,49-51,53,55-57,59,61-63,65,67-79H2,1-5H3/b10-8-,11-9-,16-14-,17-15-,22-20-,23-21-,28-26-,29-27-,34-32-,37-36-,40-39-,43-42-,46-45-,48-33-,54-52-,60-58-,66-64-. The lowest BCUT2D eigenvalue weighted by Gasteiger charge is -2.28. The Labute approximate surface area is 564 Å². The number of unbranched alkanes of at least 4 members (excludes halogenated alkanes) is 15. The molecule has 92 heavy (non-hydrogen) atoms. The third kappa shape index (κ3) is 73.6. The molecule has 0 amide bonds. The van der Waals surface area contributed by atoms with Crippen LogP contribution in [0.25, 0.3) is 0 Å². The van der Waals surface area contributed by atoms with Crippen molar-refractivity contribution in [2.75, 3.05) is 47.5 Å². The molecule has 0 radical (unpaired) electrons. The lowest BCUT2D eigenvalue weighted by molar-refractivity contribution is -0.870. The Morgan fingerprint density at radius 1 is 0.337 bits per heavy atom. The summed E-state index contributed by atoms with van der Waals surface area (Å²) >= 11 is 0. The lowest BCUT2D eigenvalue weighted by atomic mass is 10.0. The van der Waals surface area contributed by atoms with Crippen LogP contribution < -0.4 is 4.89 Å². The van der Waals surface area contributed by atoms with Crippen LogP contribution in [0.1, 0.15) is 245 Å². The molecule has 0 spiro atoms. The first-order valence-electron chi connectivity index (χ1n) is 35.8. The molecule has 0 saturated carbocycles. The Bertz CT molecular complexity index is 2310. The van der Waals surface area contributed by atoms with Gasteiger partial charge in [-0.1, -0.05) is 291 Å². The molecule has 0 aliphatic rings. The molecule has 0 aromatic heterocycles. The number of phosphoric acid groups is 1. The number of hydrogen-bond donors (Lipinski definition) is 0. The van der Waals surface area contributed by atoms with E-state index in [0.29, 0.717) is 23.9 Å². The second-order valence-corrected chi connectivity index (χ2v) is 25.5. The summed E-state index contributed by atoms with van der Waals surface area (Å²) in [5, 5.41) is 0. The normalized spacial score (nSPS) is 14.4. The summed E-state index contributed by atoms with van der Waals surface area (Å²) in [6.45, 7) is 3.94. The zero-order chi connectivity index (χ0) is 66.9. The molecular weight excluding hydrogens is 1160 g/mol. The van der Waals surface area contributed by atoms with Crippen LogP contribution in [0.5, 0.6) is 0 Å². The van der Waals surface area contributed by atoms with Crippen molar-refractivity contribution < 1.29 is 42.1 Å². The molecule has 0 aliphatic carbocycles. The van der Waals surface area contributed by atoms with Gasteiger partial charge in [-0.2, -0.15) is 0 Å². The predicted molar refractivity (Wildman–Crippen MR) is 396 cm³/mol. The molecule has 2 unspecified atom stereocenters. The summed E-state index contributed by atoms with van der Waals surface area (Å²) in [7, 11) is 1.11.